The van der Waals surface area contributed by atoms with E-state index in [1.54, 1.807) is 11.0 Å². The molecule has 0 spiro atoms. The van der Waals surface area contributed by atoms with Crippen molar-refractivity contribution in [1.29, 1.82) is 0 Å². The summed E-state index contributed by atoms with van der Waals surface area (Å²) in [5.74, 6) is -0.897. The number of hydrogen-bond acceptors (Lipinski definition) is 3. The van der Waals surface area contributed by atoms with Gasteiger partial charge in [0.15, 0.2) is 0 Å². The molecule has 3 aliphatic heterocycles. The van der Waals surface area contributed by atoms with Gasteiger partial charge in [0.05, 0.1) is 5.56 Å². The molecule has 2 unspecified atom stereocenters. The normalized spacial score (nSPS) is 25.4. The van der Waals surface area contributed by atoms with E-state index in [9.17, 15) is 14.0 Å². The van der Waals surface area contributed by atoms with Gasteiger partial charge in [0.2, 0.25) is 5.91 Å². The molecule has 2 fully saturated rings. The second-order valence-corrected chi connectivity index (χ2v) is 6.74. The molecule has 24 heavy (non-hydrogen) atoms. The van der Waals surface area contributed by atoms with Crippen LogP contribution in [0.4, 0.5) is 10.1 Å². The second kappa shape index (κ2) is 6.69. The zero-order valence-electron chi connectivity index (χ0n) is 13.3. The van der Waals surface area contributed by atoms with Gasteiger partial charge in [-0.15, -0.1) is 12.4 Å². The number of amides is 2. The van der Waals surface area contributed by atoms with Crippen molar-refractivity contribution in [3.05, 3.63) is 29.1 Å². The SMILES string of the molecule is Cl.O=C1CCc2cc(C(=O)N3CC4CCCC(C3)N4)c(F)cc2N1. The third kappa shape index (κ3) is 3.13. The largest absolute Gasteiger partial charge is 0.335 e. The Morgan fingerprint density at radius 1 is 1.17 bits per heavy atom. The van der Waals surface area contributed by atoms with Crippen molar-refractivity contribution >= 4 is 29.9 Å². The van der Waals surface area contributed by atoms with Crippen LogP contribution < -0.4 is 10.6 Å². The number of anilines is 1. The first kappa shape index (κ1) is 17.2. The number of fused-ring (bicyclic) bond motifs is 3. The van der Waals surface area contributed by atoms with Crippen LogP contribution in [0.15, 0.2) is 12.1 Å². The summed E-state index contributed by atoms with van der Waals surface area (Å²) in [5.41, 5.74) is 1.46. The lowest BCUT2D eigenvalue weighted by molar-refractivity contribution is -0.116. The van der Waals surface area contributed by atoms with Crippen LogP contribution in [0.25, 0.3) is 0 Å². The molecule has 2 N–H and O–H groups in total. The summed E-state index contributed by atoms with van der Waals surface area (Å²) >= 11 is 0. The Hall–Kier alpha value is -1.66. The lowest BCUT2D eigenvalue weighted by atomic mass is 9.93. The number of carbonyl (C=O) groups is 2. The number of rotatable bonds is 1. The number of piperazine rings is 1. The molecule has 2 bridgehead atoms. The highest BCUT2D eigenvalue weighted by Crippen LogP contribution is 2.28. The third-order valence-corrected chi connectivity index (χ3v) is 5.06. The van der Waals surface area contributed by atoms with Gasteiger partial charge in [-0.1, -0.05) is 6.42 Å². The maximum Gasteiger partial charge on any atom is 0.256 e. The predicted octanol–water partition coefficient (Wildman–Crippen LogP) is 2.10. The van der Waals surface area contributed by atoms with Gasteiger partial charge >= 0.3 is 0 Å². The van der Waals surface area contributed by atoms with Crippen molar-refractivity contribution in [1.82, 2.24) is 10.2 Å². The smallest absolute Gasteiger partial charge is 0.256 e. The summed E-state index contributed by atoms with van der Waals surface area (Å²) in [6.07, 6.45) is 4.26. The monoisotopic (exact) mass is 353 g/mol. The fourth-order valence-corrected chi connectivity index (χ4v) is 3.91. The molecule has 3 aliphatic rings. The van der Waals surface area contributed by atoms with Gasteiger partial charge in [0.25, 0.3) is 5.91 Å². The van der Waals surface area contributed by atoms with Crippen molar-refractivity contribution < 1.29 is 14.0 Å². The summed E-state index contributed by atoms with van der Waals surface area (Å²) in [4.78, 5) is 25.9. The van der Waals surface area contributed by atoms with Gasteiger partial charge in [-0.2, -0.15) is 0 Å². The molecular weight excluding hydrogens is 333 g/mol. The Labute approximate surface area is 146 Å². The lowest BCUT2D eigenvalue weighted by Crippen LogP contribution is -2.60. The second-order valence-electron chi connectivity index (χ2n) is 6.74. The Kier molecular flexibility index (Phi) is 4.78. The molecule has 0 aliphatic carbocycles. The number of aryl methyl sites for hydroxylation is 1. The van der Waals surface area contributed by atoms with Gasteiger partial charge in [-0.25, -0.2) is 4.39 Å². The standard InChI is InChI=1S/C17H20FN3O2.ClH/c18-14-7-15-10(4-5-16(22)20-15)6-13(14)17(23)21-8-11-2-1-3-12(9-21)19-11;/h6-7,11-12,19H,1-5,8-9H2,(H,20,22);1H. The number of nitrogens with one attached hydrogen (secondary N) is 2. The Morgan fingerprint density at radius 3 is 2.58 bits per heavy atom. The number of hydrogen-bond donors (Lipinski definition) is 2. The number of nitrogens with zero attached hydrogens (tertiary/aromatic N) is 1. The van der Waals surface area contributed by atoms with Gasteiger partial charge in [0, 0.05) is 37.3 Å². The lowest BCUT2D eigenvalue weighted by Gasteiger charge is -2.42. The summed E-state index contributed by atoms with van der Waals surface area (Å²) in [5, 5.41) is 6.19. The Morgan fingerprint density at radius 2 is 1.88 bits per heavy atom. The van der Waals surface area contributed by atoms with Crippen molar-refractivity contribution in [2.75, 3.05) is 18.4 Å². The summed E-state index contributed by atoms with van der Waals surface area (Å²) in [6, 6.07) is 3.55. The minimum Gasteiger partial charge on any atom is -0.335 e. The molecule has 4 rings (SSSR count). The number of likely N-dealkylation sites (tertiary alicyclic amines) is 1. The zero-order valence-corrected chi connectivity index (χ0v) is 14.1. The van der Waals surface area contributed by atoms with Crippen LogP contribution in [0.5, 0.6) is 0 Å². The average Bonchev–Trinajstić information content (AvgIpc) is 2.53. The fraction of sp³-hybridized carbons (Fsp3) is 0.529. The van der Waals surface area contributed by atoms with Crippen LogP contribution in [0.3, 0.4) is 0 Å². The highest BCUT2D eigenvalue weighted by Gasteiger charge is 2.33. The van der Waals surface area contributed by atoms with E-state index in [-0.39, 0.29) is 29.8 Å². The molecule has 0 aromatic heterocycles. The maximum atomic E-state index is 14.4. The number of benzene rings is 1. The van der Waals surface area contributed by atoms with Crippen LogP contribution in [-0.4, -0.2) is 41.9 Å². The van der Waals surface area contributed by atoms with Crippen molar-refractivity contribution in [3.8, 4) is 0 Å². The molecule has 2 amide bonds. The fourth-order valence-electron chi connectivity index (χ4n) is 3.91. The van der Waals surface area contributed by atoms with E-state index in [2.05, 4.69) is 10.6 Å². The predicted molar refractivity (Wildman–Crippen MR) is 91.1 cm³/mol. The van der Waals surface area contributed by atoms with Gasteiger partial charge < -0.3 is 15.5 Å². The zero-order chi connectivity index (χ0) is 16.0. The van der Waals surface area contributed by atoms with Gasteiger partial charge in [-0.3, -0.25) is 9.59 Å². The molecule has 3 heterocycles. The molecule has 130 valence electrons. The highest BCUT2D eigenvalue weighted by atomic mass is 35.5. The van der Waals surface area contributed by atoms with E-state index in [0.29, 0.717) is 43.7 Å². The minimum absolute atomic E-state index is 0. The minimum atomic E-state index is -0.556. The molecule has 2 saturated heterocycles. The maximum absolute atomic E-state index is 14.4. The molecule has 0 saturated carbocycles. The van der Waals surface area contributed by atoms with Gasteiger partial charge in [-0.05, 0) is 37.0 Å². The first-order chi connectivity index (χ1) is 11.1. The summed E-state index contributed by atoms with van der Waals surface area (Å²) in [7, 11) is 0. The van der Waals surface area contributed by atoms with Gasteiger partial charge in [0.1, 0.15) is 5.82 Å². The molecule has 1 aromatic carbocycles. The van der Waals surface area contributed by atoms with Crippen LogP contribution in [0.2, 0.25) is 0 Å². The summed E-state index contributed by atoms with van der Waals surface area (Å²) in [6.45, 7) is 1.28. The van der Waals surface area contributed by atoms with E-state index in [1.165, 1.54) is 12.5 Å². The molecule has 7 heteroatoms. The van der Waals surface area contributed by atoms with Crippen LogP contribution in [-0.2, 0) is 11.2 Å². The molecule has 0 radical (unpaired) electrons. The van der Waals surface area contributed by atoms with E-state index in [4.69, 9.17) is 0 Å². The number of carbonyl (C=O) groups excluding carboxylic acids is 2. The average molecular weight is 354 g/mol. The van der Waals surface area contributed by atoms with Crippen LogP contribution in [0.1, 0.15) is 41.6 Å². The first-order valence-electron chi connectivity index (χ1n) is 8.28. The van der Waals surface area contributed by atoms with Crippen LogP contribution >= 0.6 is 12.4 Å². The number of piperidine rings is 1. The third-order valence-electron chi connectivity index (χ3n) is 5.06. The van der Waals surface area contributed by atoms with Crippen molar-refractivity contribution in [2.45, 2.75) is 44.2 Å². The van der Waals surface area contributed by atoms with Crippen molar-refractivity contribution in [3.63, 3.8) is 0 Å². The molecule has 2 atom stereocenters. The Bertz CT molecular complexity index is 670. The molecular formula is C17H21ClFN3O2. The molecule has 1 aromatic rings. The van der Waals surface area contributed by atoms with E-state index in [1.807, 2.05) is 0 Å². The topological polar surface area (TPSA) is 61.4 Å². The van der Waals surface area contributed by atoms with E-state index < -0.39 is 5.82 Å². The molecule has 5 nitrogen and oxygen atoms in total. The van der Waals surface area contributed by atoms with Crippen molar-refractivity contribution in [2.24, 2.45) is 0 Å². The first-order valence-corrected chi connectivity index (χ1v) is 8.28. The quantitative estimate of drug-likeness (QED) is 0.812. The van der Waals surface area contributed by atoms with Crippen LogP contribution in [0, 0.1) is 5.82 Å². The number of halogens is 2. The Balaban J connectivity index is 0.00000169. The van der Waals surface area contributed by atoms with E-state index >= 15 is 0 Å². The van der Waals surface area contributed by atoms with E-state index in [0.717, 1.165) is 18.4 Å². The highest BCUT2D eigenvalue weighted by molar-refractivity contribution is 5.98. The summed E-state index contributed by atoms with van der Waals surface area (Å²) < 4.78 is 14.4.